The number of Topliss-reactive ketones (excluding diaryl/α,β-unsaturated/α-hetero) is 1. The van der Waals surface area contributed by atoms with Crippen LogP contribution >= 0.6 is 0 Å². The van der Waals surface area contributed by atoms with Crippen molar-refractivity contribution in [2.45, 2.75) is 20.3 Å². The number of ether oxygens (including phenoxy) is 1. The smallest absolute Gasteiger partial charge is 0.307 e. The van der Waals surface area contributed by atoms with Crippen molar-refractivity contribution in [3.05, 3.63) is 0 Å². The lowest BCUT2D eigenvalue weighted by molar-refractivity contribution is -0.143. The van der Waals surface area contributed by atoms with Crippen LogP contribution in [0.1, 0.15) is 20.3 Å². The molecule has 0 aromatic heterocycles. The molecule has 0 N–H and O–H groups in total. The summed E-state index contributed by atoms with van der Waals surface area (Å²) >= 11 is 0. The Labute approximate surface area is 78.9 Å². The number of esters is 1. The third-order valence-electron chi connectivity index (χ3n) is 1.50. The topological polar surface area (TPSA) is 46.6 Å². The van der Waals surface area contributed by atoms with Gasteiger partial charge in [0.15, 0.2) is 0 Å². The second-order valence-corrected chi connectivity index (χ2v) is 2.99. The summed E-state index contributed by atoms with van der Waals surface area (Å²) in [6.45, 7) is 4.67. The molecule has 0 radical (unpaired) electrons. The van der Waals surface area contributed by atoms with Gasteiger partial charge in [0.25, 0.3) is 0 Å². The van der Waals surface area contributed by atoms with E-state index in [1.54, 1.807) is 18.9 Å². The maximum absolute atomic E-state index is 10.9. The SMILES string of the molecule is CCOC(=O)CCN(C)CC(C)=O. The molecule has 0 amide bonds. The van der Waals surface area contributed by atoms with Gasteiger partial charge in [-0.25, -0.2) is 0 Å². The predicted octanol–water partition coefficient (Wildman–Crippen LogP) is 0.460. The third-order valence-corrected chi connectivity index (χ3v) is 1.50. The van der Waals surface area contributed by atoms with Crippen LogP contribution in [0.2, 0.25) is 0 Å². The fraction of sp³-hybridized carbons (Fsp3) is 0.778. The average Bonchev–Trinajstić information content (AvgIpc) is 2.00. The predicted molar refractivity (Wildman–Crippen MR) is 49.4 cm³/mol. The summed E-state index contributed by atoms with van der Waals surface area (Å²) in [7, 11) is 1.81. The number of carbonyl (C=O) groups is 2. The first-order chi connectivity index (χ1) is 6.06. The molecule has 0 aromatic carbocycles. The van der Waals surface area contributed by atoms with Gasteiger partial charge in [-0.3, -0.25) is 14.5 Å². The first-order valence-electron chi connectivity index (χ1n) is 4.39. The summed E-state index contributed by atoms with van der Waals surface area (Å²) < 4.78 is 4.75. The molecule has 0 heterocycles. The van der Waals surface area contributed by atoms with Gasteiger partial charge >= 0.3 is 5.97 Å². The molecule has 0 aliphatic rings. The average molecular weight is 187 g/mol. The Balaban J connectivity index is 3.51. The summed E-state index contributed by atoms with van der Waals surface area (Å²) in [6, 6.07) is 0. The zero-order valence-electron chi connectivity index (χ0n) is 8.50. The molecule has 0 rings (SSSR count). The molecule has 4 heteroatoms. The van der Waals surface area contributed by atoms with Gasteiger partial charge < -0.3 is 4.74 Å². The van der Waals surface area contributed by atoms with Crippen LogP contribution in [0.15, 0.2) is 0 Å². The fourth-order valence-corrected chi connectivity index (χ4v) is 0.974. The van der Waals surface area contributed by atoms with E-state index in [2.05, 4.69) is 0 Å². The lowest BCUT2D eigenvalue weighted by Crippen LogP contribution is -2.27. The second kappa shape index (κ2) is 6.60. The van der Waals surface area contributed by atoms with Gasteiger partial charge in [-0.1, -0.05) is 0 Å². The molecule has 0 atom stereocenters. The highest BCUT2D eigenvalue weighted by molar-refractivity contribution is 5.77. The van der Waals surface area contributed by atoms with Crippen molar-refractivity contribution >= 4 is 11.8 Å². The molecule has 0 aromatic rings. The van der Waals surface area contributed by atoms with Gasteiger partial charge in [0.2, 0.25) is 0 Å². The maximum atomic E-state index is 10.9. The zero-order valence-corrected chi connectivity index (χ0v) is 8.50. The quantitative estimate of drug-likeness (QED) is 0.567. The van der Waals surface area contributed by atoms with Crippen molar-refractivity contribution in [2.75, 3.05) is 26.7 Å². The van der Waals surface area contributed by atoms with Crippen LogP contribution < -0.4 is 0 Å². The highest BCUT2D eigenvalue weighted by atomic mass is 16.5. The molecule has 0 aliphatic carbocycles. The van der Waals surface area contributed by atoms with Crippen molar-refractivity contribution in [2.24, 2.45) is 0 Å². The molecule has 4 nitrogen and oxygen atoms in total. The van der Waals surface area contributed by atoms with Crippen molar-refractivity contribution < 1.29 is 14.3 Å². The second-order valence-electron chi connectivity index (χ2n) is 2.99. The summed E-state index contributed by atoms with van der Waals surface area (Å²) in [5.74, 6) is -0.107. The third kappa shape index (κ3) is 7.46. The standard InChI is InChI=1S/C9H17NO3/c1-4-13-9(12)5-6-10(3)7-8(2)11/h4-7H2,1-3H3. The monoisotopic (exact) mass is 187 g/mol. The Kier molecular flexibility index (Phi) is 6.14. The summed E-state index contributed by atoms with van der Waals surface area (Å²) in [6.07, 6.45) is 0.345. The fourth-order valence-electron chi connectivity index (χ4n) is 0.974. The van der Waals surface area contributed by atoms with Gasteiger partial charge in [-0.05, 0) is 20.9 Å². The van der Waals surface area contributed by atoms with Crippen LogP contribution in [0.25, 0.3) is 0 Å². The largest absolute Gasteiger partial charge is 0.466 e. The Morgan fingerprint density at radius 1 is 1.38 bits per heavy atom. The van der Waals surface area contributed by atoms with Crippen LogP contribution in [-0.2, 0) is 14.3 Å². The number of hydrogen-bond donors (Lipinski definition) is 0. The summed E-state index contributed by atoms with van der Waals surface area (Å²) in [5, 5.41) is 0. The minimum Gasteiger partial charge on any atom is -0.466 e. The minimum absolute atomic E-state index is 0.103. The van der Waals surface area contributed by atoms with Crippen LogP contribution in [0.5, 0.6) is 0 Å². The van der Waals surface area contributed by atoms with E-state index in [0.717, 1.165) is 0 Å². The molecule has 0 spiro atoms. The van der Waals surface area contributed by atoms with Crippen LogP contribution in [0.3, 0.4) is 0 Å². The summed E-state index contributed by atoms with van der Waals surface area (Å²) in [4.78, 5) is 23.4. The van der Waals surface area contributed by atoms with E-state index in [9.17, 15) is 9.59 Å². The van der Waals surface area contributed by atoms with E-state index < -0.39 is 0 Å². The van der Waals surface area contributed by atoms with Crippen LogP contribution in [0, 0.1) is 0 Å². The Hall–Kier alpha value is -0.900. The molecule has 76 valence electrons. The molecule has 0 fully saturated rings. The van der Waals surface area contributed by atoms with E-state index in [0.29, 0.717) is 26.1 Å². The molecular formula is C9H17NO3. The number of likely N-dealkylation sites (N-methyl/N-ethyl adjacent to an activating group) is 1. The highest BCUT2D eigenvalue weighted by Crippen LogP contribution is 1.91. The zero-order chi connectivity index (χ0) is 10.3. The van der Waals surface area contributed by atoms with Crippen molar-refractivity contribution in [3.8, 4) is 0 Å². The van der Waals surface area contributed by atoms with E-state index >= 15 is 0 Å². The minimum atomic E-state index is -0.210. The van der Waals surface area contributed by atoms with E-state index in [1.165, 1.54) is 6.92 Å². The Morgan fingerprint density at radius 2 is 2.00 bits per heavy atom. The first kappa shape index (κ1) is 12.1. The highest BCUT2D eigenvalue weighted by Gasteiger charge is 2.05. The van der Waals surface area contributed by atoms with Gasteiger partial charge in [0.05, 0.1) is 19.6 Å². The number of hydrogen-bond acceptors (Lipinski definition) is 4. The molecule has 0 bridgehead atoms. The number of rotatable bonds is 6. The van der Waals surface area contributed by atoms with Gasteiger partial charge in [0.1, 0.15) is 5.78 Å². The Bertz CT molecular complexity index is 180. The molecule has 0 saturated carbocycles. The van der Waals surface area contributed by atoms with E-state index in [1.807, 2.05) is 0 Å². The maximum Gasteiger partial charge on any atom is 0.307 e. The number of nitrogens with zero attached hydrogens (tertiary/aromatic N) is 1. The van der Waals surface area contributed by atoms with Gasteiger partial charge in [-0.15, -0.1) is 0 Å². The molecule has 0 aliphatic heterocycles. The molecular weight excluding hydrogens is 170 g/mol. The number of ketones is 1. The molecule has 0 saturated heterocycles. The lowest BCUT2D eigenvalue weighted by Gasteiger charge is -2.13. The molecule has 0 unspecified atom stereocenters. The van der Waals surface area contributed by atoms with E-state index in [4.69, 9.17) is 4.74 Å². The van der Waals surface area contributed by atoms with Crippen LogP contribution in [0.4, 0.5) is 0 Å². The first-order valence-corrected chi connectivity index (χ1v) is 4.39. The van der Waals surface area contributed by atoms with E-state index in [-0.39, 0.29) is 11.8 Å². The molecule has 13 heavy (non-hydrogen) atoms. The van der Waals surface area contributed by atoms with Gasteiger partial charge in [-0.2, -0.15) is 0 Å². The Morgan fingerprint density at radius 3 is 2.46 bits per heavy atom. The normalized spacial score (nSPS) is 10.2. The summed E-state index contributed by atoms with van der Waals surface area (Å²) in [5.41, 5.74) is 0. The van der Waals surface area contributed by atoms with Crippen LogP contribution in [-0.4, -0.2) is 43.4 Å². The van der Waals surface area contributed by atoms with Gasteiger partial charge in [0, 0.05) is 6.54 Å². The van der Waals surface area contributed by atoms with Crippen molar-refractivity contribution in [3.63, 3.8) is 0 Å². The number of carbonyl (C=O) groups excluding carboxylic acids is 2. The lowest BCUT2D eigenvalue weighted by atomic mass is 10.3. The van der Waals surface area contributed by atoms with Crippen molar-refractivity contribution in [1.29, 1.82) is 0 Å². The van der Waals surface area contributed by atoms with Crippen molar-refractivity contribution in [1.82, 2.24) is 4.90 Å².